The summed E-state index contributed by atoms with van der Waals surface area (Å²) in [6, 6.07) is 7.97. The molecule has 0 heterocycles. The van der Waals surface area contributed by atoms with Crippen molar-refractivity contribution in [1.82, 2.24) is 0 Å². The van der Waals surface area contributed by atoms with Crippen LogP contribution in [0.5, 0.6) is 0 Å². The van der Waals surface area contributed by atoms with Crippen LogP contribution in [0.15, 0.2) is 30.3 Å². The molecule has 2 N–H and O–H groups in total. The number of carbonyl (C=O) groups is 1. The van der Waals surface area contributed by atoms with Crippen LogP contribution in [0.2, 0.25) is 0 Å². The fourth-order valence-electron chi connectivity index (χ4n) is 1.23. The normalized spacial score (nSPS) is 16.4. The van der Waals surface area contributed by atoms with Gasteiger partial charge < -0.3 is 19.9 Å². The molecule has 6 heteroatoms. The van der Waals surface area contributed by atoms with E-state index in [2.05, 4.69) is 0 Å². The first-order valence-corrected chi connectivity index (χ1v) is 6.59. The van der Waals surface area contributed by atoms with Gasteiger partial charge in [-0.05, 0) is 12.0 Å². The highest BCUT2D eigenvalue weighted by molar-refractivity contribution is 7.58. The van der Waals surface area contributed by atoms with E-state index in [1.165, 1.54) is 12.1 Å². The Hall–Kier alpha value is -1.16. The zero-order valence-corrected chi connectivity index (χ0v) is 9.34. The summed E-state index contributed by atoms with van der Waals surface area (Å²) >= 11 is 0. The quantitative estimate of drug-likeness (QED) is 0.714. The zero-order chi connectivity index (χ0) is 12.2. The van der Waals surface area contributed by atoms with E-state index in [-0.39, 0.29) is 0 Å². The number of benzene rings is 1. The van der Waals surface area contributed by atoms with E-state index in [4.69, 9.17) is 0 Å². The van der Waals surface area contributed by atoms with Crippen molar-refractivity contribution in [1.29, 1.82) is 0 Å². The second-order valence-corrected chi connectivity index (χ2v) is 5.83. The van der Waals surface area contributed by atoms with Crippen LogP contribution in [-0.4, -0.2) is 22.1 Å². The Bertz CT molecular complexity index is 403. The molecule has 0 aliphatic heterocycles. The maximum Gasteiger partial charge on any atom is 0.233 e. The maximum atomic E-state index is 11.6. The first-order valence-electron chi connectivity index (χ1n) is 4.68. The van der Waals surface area contributed by atoms with Crippen molar-refractivity contribution in [2.24, 2.45) is 0 Å². The van der Waals surface area contributed by atoms with Crippen LogP contribution in [0, 0.1) is 0 Å². The van der Waals surface area contributed by atoms with Crippen molar-refractivity contribution >= 4 is 13.3 Å². The monoisotopic (exact) mass is 243 g/mol. The molecule has 0 amide bonds. The molecule has 0 aliphatic rings. The molecule has 0 saturated carbocycles. The molecule has 0 aliphatic carbocycles. The molecule has 0 radical (unpaired) electrons. The Labute approximate surface area is 92.8 Å². The molecule has 0 fully saturated rings. The number of carboxylic acids is 1. The van der Waals surface area contributed by atoms with Gasteiger partial charge in [-0.15, -0.1) is 0 Å². The van der Waals surface area contributed by atoms with Gasteiger partial charge in [-0.1, -0.05) is 30.3 Å². The number of carboxylic acid groups (broad SMARTS) is 1. The Kier molecular flexibility index (Phi) is 4.24. The molecule has 0 spiro atoms. The molecule has 88 valence electrons. The predicted octanol–water partition coefficient (Wildman–Crippen LogP) is 0.0879. The minimum Gasteiger partial charge on any atom is -0.550 e. The summed E-state index contributed by atoms with van der Waals surface area (Å²) in [5, 5.41) is 19.8. The smallest absolute Gasteiger partial charge is 0.233 e. The number of hydrogen-bond donors (Lipinski definition) is 2. The Morgan fingerprint density at radius 1 is 1.38 bits per heavy atom. The topological polar surface area (TPSA) is 97.7 Å². The molecule has 1 aromatic rings. The van der Waals surface area contributed by atoms with E-state index in [0.29, 0.717) is 5.56 Å². The molecular formula is C10H12O5P-. The highest BCUT2D eigenvalue weighted by Crippen LogP contribution is 2.54. The van der Waals surface area contributed by atoms with Gasteiger partial charge in [0.2, 0.25) is 7.37 Å². The van der Waals surface area contributed by atoms with Gasteiger partial charge in [-0.3, -0.25) is 4.57 Å². The first kappa shape index (κ1) is 12.9. The van der Waals surface area contributed by atoms with Crippen LogP contribution >= 0.6 is 7.37 Å². The van der Waals surface area contributed by atoms with E-state index in [9.17, 15) is 24.5 Å². The molecule has 1 rings (SSSR count). The van der Waals surface area contributed by atoms with Crippen molar-refractivity contribution in [3.05, 3.63) is 35.9 Å². The Morgan fingerprint density at radius 2 is 1.94 bits per heavy atom. The molecule has 16 heavy (non-hydrogen) atoms. The predicted molar refractivity (Wildman–Crippen MR) is 55.7 cm³/mol. The third kappa shape index (κ3) is 3.45. The van der Waals surface area contributed by atoms with Gasteiger partial charge in [0.25, 0.3) is 0 Å². The zero-order valence-electron chi connectivity index (χ0n) is 8.44. The van der Waals surface area contributed by atoms with Crippen molar-refractivity contribution in [2.75, 3.05) is 6.16 Å². The minimum atomic E-state index is -3.92. The lowest BCUT2D eigenvalue weighted by Gasteiger charge is -2.18. The molecule has 0 bridgehead atoms. The highest BCUT2D eigenvalue weighted by atomic mass is 31.2. The maximum absolute atomic E-state index is 11.6. The van der Waals surface area contributed by atoms with Gasteiger partial charge in [0, 0.05) is 12.1 Å². The lowest BCUT2D eigenvalue weighted by Crippen LogP contribution is -2.23. The van der Waals surface area contributed by atoms with E-state index in [1.807, 2.05) is 0 Å². The van der Waals surface area contributed by atoms with Crippen molar-refractivity contribution in [3.63, 3.8) is 0 Å². The van der Waals surface area contributed by atoms with E-state index >= 15 is 0 Å². The van der Waals surface area contributed by atoms with Crippen LogP contribution in [0.4, 0.5) is 0 Å². The minimum absolute atomic E-state index is 0.298. The van der Waals surface area contributed by atoms with Crippen molar-refractivity contribution in [2.45, 2.75) is 12.3 Å². The molecule has 0 aromatic heterocycles. The van der Waals surface area contributed by atoms with Gasteiger partial charge in [0.05, 0.1) is 0 Å². The van der Waals surface area contributed by atoms with E-state index in [0.717, 1.165) is 0 Å². The third-order valence-corrected chi connectivity index (χ3v) is 4.04. The molecule has 1 unspecified atom stereocenters. The van der Waals surface area contributed by atoms with E-state index in [1.54, 1.807) is 18.2 Å². The summed E-state index contributed by atoms with van der Waals surface area (Å²) in [7, 11) is -3.92. The standard InChI is InChI=1S/C10H13O5P/c11-9(12)6-7-16(14,15)10(13)8-4-2-1-3-5-8/h1-5,10,13H,6-7H2,(H,11,12)(H,14,15)/p-1/t10-/m0/s1. The summed E-state index contributed by atoms with van der Waals surface area (Å²) in [6.45, 7) is 0. The van der Waals surface area contributed by atoms with Gasteiger partial charge in [0.1, 0.15) is 0 Å². The second-order valence-electron chi connectivity index (χ2n) is 3.39. The lowest BCUT2D eigenvalue weighted by molar-refractivity contribution is -0.305. The largest absolute Gasteiger partial charge is 0.550 e. The molecule has 5 nitrogen and oxygen atoms in total. The number of aliphatic hydroxyl groups excluding tert-OH is 1. The van der Waals surface area contributed by atoms with Crippen LogP contribution in [-0.2, 0) is 9.36 Å². The summed E-state index contributed by atoms with van der Waals surface area (Å²) in [6.07, 6.45) is -1.04. The number of carbonyl (C=O) groups excluding carboxylic acids is 1. The molecule has 1 aromatic carbocycles. The number of rotatable bonds is 5. The summed E-state index contributed by atoms with van der Waals surface area (Å²) in [5.74, 6) is -2.96. The summed E-state index contributed by atoms with van der Waals surface area (Å²) < 4.78 is 11.6. The Morgan fingerprint density at radius 3 is 2.44 bits per heavy atom. The van der Waals surface area contributed by atoms with Gasteiger partial charge in [-0.2, -0.15) is 0 Å². The number of aliphatic carboxylic acids is 1. The molecular weight excluding hydrogens is 231 g/mol. The SMILES string of the molecule is O=C([O-])CCP(=O)(O)[C@H](O)c1ccccc1. The van der Waals surface area contributed by atoms with E-state index < -0.39 is 31.8 Å². The molecule has 2 atom stereocenters. The van der Waals surface area contributed by atoms with Crippen molar-refractivity contribution in [3.8, 4) is 0 Å². The number of aliphatic hydroxyl groups is 1. The summed E-state index contributed by atoms with van der Waals surface area (Å²) in [4.78, 5) is 19.7. The third-order valence-electron chi connectivity index (χ3n) is 2.12. The van der Waals surface area contributed by atoms with Gasteiger partial charge >= 0.3 is 0 Å². The average Bonchev–Trinajstić information content (AvgIpc) is 2.27. The van der Waals surface area contributed by atoms with Crippen LogP contribution in [0.3, 0.4) is 0 Å². The van der Waals surface area contributed by atoms with Crippen LogP contribution in [0.25, 0.3) is 0 Å². The van der Waals surface area contributed by atoms with Crippen molar-refractivity contribution < 1.29 is 24.5 Å². The number of hydrogen-bond acceptors (Lipinski definition) is 4. The fourth-order valence-corrected chi connectivity index (χ4v) is 2.62. The average molecular weight is 243 g/mol. The van der Waals surface area contributed by atoms with Crippen LogP contribution in [0.1, 0.15) is 17.8 Å². The van der Waals surface area contributed by atoms with Gasteiger partial charge in [0.15, 0.2) is 5.85 Å². The summed E-state index contributed by atoms with van der Waals surface area (Å²) in [5.41, 5.74) is 0.298. The first-order chi connectivity index (χ1) is 7.43. The Balaban J connectivity index is 2.76. The van der Waals surface area contributed by atoms with Gasteiger partial charge in [-0.25, -0.2) is 0 Å². The second kappa shape index (κ2) is 5.25. The van der Waals surface area contributed by atoms with Crippen LogP contribution < -0.4 is 5.11 Å². The fraction of sp³-hybridized carbons (Fsp3) is 0.300. The lowest BCUT2D eigenvalue weighted by atomic mass is 10.2. The highest BCUT2D eigenvalue weighted by Gasteiger charge is 2.29. The molecule has 0 saturated heterocycles.